The van der Waals surface area contributed by atoms with Gasteiger partial charge in [0.05, 0.1) is 5.56 Å². The molecule has 26 heavy (non-hydrogen) atoms. The minimum Gasteiger partial charge on any atom is -0.356 e. The molecule has 151 valence electrons. The number of amides is 1. The third-order valence-corrected chi connectivity index (χ3v) is 3.36. The number of carbonyl (C=O) groups excluding carboxylic acids is 1. The van der Waals surface area contributed by atoms with Gasteiger partial charge in [0.15, 0.2) is 0 Å². The van der Waals surface area contributed by atoms with E-state index in [0.717, 1.165) is 25.9 Å². The average Bonchev–Trinajstić information content (AvgIpc) is 3.13. The lowest BCUT2D eigenvalue weighted by molar-refractivity contribution is 0.0983. The Hall–Kier alpha value is -1.50. The van der Waals surface area contributed by atoms with Gasteiger partial charge >= 0.3 is 0 Å². The van der Waals surface area contributed by atoms with Gasteiger partial charge in [0.1, 0.15) is 5.82 Å². The molecule has 7 heteroatoms. The molecule has 1 aromatic rings. The van der Waals surface area contributed by atoms with Gasteiger partial charge in [0.25, 0.3) is 5.91 Å². The molecule has 3 radical (unpaired) electrons. The van der Waals surface area contributed by atoms with Crippen LogP contribution in [-0.2, 0) is 9.71 Å². The summed E-state index contributed by atoms with van der Waals surface area (Å²) in [7, 11) is -2.56. The van der Waals surface area contributed by atoms with Crippen molar-refractivity contribution in [2.24, 2.45) is 0 Å². The minimum atomic E-state index is -2.56. The van der Waals surface area contributed by atoms with Crippen LogP contribution in [-0.4, -0.2) is 48.7 Å². The largest absolute Gasteiger partial charge is 0.356 e. The fourth-order valence-electron chi connectivity index (χ4n) is 2.01. The summed E-state index contributed by atoms with van der Waals surface area (Å²) >= 11 is 0. The van der Waals surface area contributed by atoms with E-state index in [1.807, 2.05) is 41.5 Å². The molecule has 1 aliphatic rings. The van der Waals surface area contributed by atoms with Gasteiger partial charge in [-0.1, -0.05) is 49.0 Å². The fourth-order valence-corrected chi connectivity index (χ4v) is 2.51. The van der Waals surface area contributed by atoms with Gasteiger partial charge in [-0.05, 0) is 30.8 Å². The van der Waals surface area contributed by atoms with Crippen molar-refractivity contribution in [1.82, 2.24) is 9.71 Å². The van der Waals surface area contributed by atoms with Crippen molar-refractivity contribution in [1.29, 1.82) is 0 Å². The van der Waals surface area contributed by atoms with E-state index in [4.69, 9.17) is 0 Å². The van der Waals surface area contributed by atoms with Crippen molar-refractivity contribution in [2.75, 3.05) is 24.2 Å². The number of nitrogens with zero attached hydrogens (tertiary/aromatic N) is 2. The highest BCUT2D eigenvalue weighted by molar-refractivity contribution is 7.98. The predicted molar refractivity (Wildman–Crippen MR) is 121 cm³/mol. The number of aromatic nitrogens is 1. The van der Waals surface area contributed by atoms with Gasteiger partial charge in [0.2, 0.25) is 0 Å². The number of anilines is 1. The third kappa shape index (κ3) is 12.0. The molecule has 1 amide bonds. The van der Waals surface area contributed by atoms with Gasteiger partial charge in [-0.25, -0.2) is 9.19 Å². The highest BCUT2D eigenvalue weighted by Gasteiger charge is 2.20. The molecular weight excluding hydrogens is 345 g/mol. The summed E-state index contributed by atoms with van der Waals surface area (Å²) in [5.41, 5.74) is 0.456. The van der Waals surface area contributed by atoms with Crippen LogP contribution in [0.25, 0.3) is 0 Å². The summed E-state index contributed by atoms with van der Waals surface area (Å²) in [5, 5.41) is 0. The van der Waals surface area contributed by atoms with E-state index in [0.29, 0.717) is 11.4 Å². The predicted octanol–water partition coefficient (Wildman–Crippen LogP) is 4.01. The van der Waals surface area contributed by atoms with Gasteiger partial charge in [-0.2, -0.15) is 0 Å². The summed E-state index contributed by atoms with van der Waals surface area (Å²) in [6.45, 7) is 13.8. The molecule has 0 bridgehead atoms. The van der Waals surface area contributed by atoms with Crippen LogP contribution in [0.2, 0.25) is 0 Å². The van der Waals surface area contributed by atoms with Crippen LogP contribution >= 0.6 is 0 Å². The minimum absolute atomic E-state index is 0. The summed E-state index contributed by atoms with van der Waals surface area (Å²) in [4.78, 5) is 18.4. The first kappa shape index (κ1) is 32.2. The molecule has 0 saturated carbocycles. The lowest BCUT2D eigenvalue weighted by atomic mass is 10.2. The Kier molecular flexibility index (Phi) is 22.7. The van der Waals surface area contributed by atoms with Crippen molar-refractivity contribution in [2.45, 2.75) is 61.8 Å². The average molecular weight is 384 g/mol. The molecule has 1 N–H and O–H groups in total. The Morgan fingerprint density at radius 2 is 1.62 bits per heavy atom. The molecule has 1 aliphatic heterocycles. The third-order valence-electron chi connectivity index (χ3n) is 2.75. The zero-order valence-electron chi connectivity index (χ0n) is 17.0. The molecule has 2 rings (SSSR count). The molecule has 1 unspecified atom stereocenters. The number of nitrogens with one attached hydrogen (secondary N) is 1. The van der Waals surface area contributed by atoms with Crippen molar-refractivity contribution in [3.05, 3.63) is 23.9 Å². The second kappa shape index (κ2) is 18.3. The lowest BCUT2D eigenvalue weighted by Crippen LogP contribution is -2.31. The zero-order chi connectivity index (χ0) is 19.2. The van der Waals surface area contributed by atoms with E-state index >= 15 is 0 Å². The molecule has 2 heterocycles. The van der Waals surface area contributed by atoms with Crippen LogP contribution in [0.5, 0.6) is 0 Å². The smallest absolute Gasteiger partial charge is 0.266 e. The highest BCUT2D eigenvalue weighted by atomic mass is 32.2. The van der Waals surface area contributed by atoms with Gasteiger partial charge in [-0.3, -0.25) is 9.52 Å². The highest BCUT2D eigenvalue weighted by Crippen LogP contribution is 2.21. The van der Waals surface area contributed by atoms with Gasteiger partial charge in [-0.15, -0.1) is 0 Å². The first-order valence-electron chi connectivity index (χ1n) is 8.82. The number of carbonyl (C=O) groups is 1. The summed E-state index contributed by atoms with van der Waals surface area (Å²) in [6.07, 6.45) is 5.28. The van der Waals surface area contributed by atoms with Crippen LogP contribution < -0.4 is 9.62 Å². The van der Waals surface area contributed by atoms with Crippen LogP contribution in [0.1, 0.15) is 72.2 Å². The maximum atomic E-state index is 12.0. The second-order valence-corrected chi connectivity index (χ2v) is 6.72. The Bertz CT molecular complexity index is 558. The molecule has 0 aromatic carbocycles. The Morgan fingerprint density at radius 3 is 2.04 bits per heavy atom. The monoisotopic (exact) mass is 384 g/mol. The van der Waals surface area contributed by atoms with Crippen LogP contribution in [0, 0.1) is 0 Å². The normalized spacial score (nSPS) is 13.4. The molecule has 0 spiro atoms. The quantitative estimate of drug-likeness (QED) is 0.632. The van der Waals surface area contributed by atoms with Crippen molar-refractivity contribution >= 4 is 35.7 Å². The number of rotatable bonds is 3. The van der Waals surface area contributed by atoms with Gasteiger partial charge < -0.3 is 4.90 Å². The first-order valence-corrected chi connectivity index (χ1v) is 11.0. The van der Waals surface area contributed by atoms with E-state index < -0.39 is 9.71 Å². The van der Waals surface area contributed by atoms with Crippen LogP contribution in [0.3, 0.4) is 0 Å². The van der Waals surface area contributed by atoms with Gasteiger partial charge in [0, 0.05) is 43.7 Å². The molecule has 1 aromatic heterocycles. The fraction of sp³-hybridized carbons (Fsp3) is 0.632. The number of hydrogen-bond acceptors (Lipinski definition) is 4. The second-order valence-electron chi connectivity index (χ2n) is 4.50. The molecule has 1 fully saturated rings. The molecular formula is C19H39BN3O2S. The van der Waals surface area contributed by atoms with Crippen molar-refractivity contribution in [3.8, 4) is 0 Å². The van der Waals surface area contributed by atoms with E-state index in [1.54, 1.807) is 18.3 Å². The summed E-state index contributed by atoms with van der Waals surface area (Å²) in [5.74, 6) is 3.71. The molecule has 0 aliphatic carbocycles. The van der Waals surface area contributed by atoms with Crippen molar-refractivity contribution in [3.63, 3.8) is 0 Å². The Labute approximate surface area is 164 Å². The Morgan fingerprint density at radius 1 is 1.15 bits per heavy atom. The summed E-state index contributed by atoms with van der Waals surface area (Å²) < 4.78 is 13.9. The maximum Gasteiger partial charge on any atom is 0.266 e. The molecule has 1 saturated heterocycles. The SMILES string of the molecule is C.C=S(C)(=O)NC(=O)c1cccnc1N1CCCC1.CC.CC.CC.[B]. The van der Waals surface area contributed by atoms with E-state index in [9.17, 15) is 9.00 Å². The topological polar surface area (TPSA) is 62.3 Å². The standard InChI is InChI=1S/C12H17N3O2S.3C2H6.CH4.B/c1-18(2,17)14-12(16)10-6-5-7-13-11(10)15-8-3-4-9-15;3*1-2;;/h5-7H,1,3-4,8-9H2,2H3,(H,14,16,17);3*1-2H3;1H4;. The molecule has 1 atom stereocenters. The van der Waals surface area contributed by atoms with Crippen LogP contribution in [0.4, 0.5) is 5.82 Å². The zero-order valence-corrected chi connectivity index (χ0v) is 17.8. The maximum absolute atomic E-state index is 12.0. The Balaban J connectivity index is -0.000000275. The lowest BCUT2D eigenvalue weighted by Gasteiger charge is -2.19. The van der Waals surface area contributed by atoms with Crippen molar-refractivity contribution < 1.29 is 9.00 Å². The van der Waals surface area contributed by atoms with Crippen LogP contribution in [0.15, 0.2) is 18.3 Å². The van der Waals surface area contributed by atoms with E-state index in [-0.39, 0.29) is 21.7 Å². The first-order chi connectivity index (χ1) is 11.5. The number of pyridine rings is 1. The summed E-state index contributed by atoms with van der Waals surface area (Å²) in [6, 6.07) is 3.40. The molecule has 5 nitrogen and oxygen atoms in total. The number of hydrogen-bond donors (Lipinski definition) is 1. The van der Waals surface area contributed by atoms with E-state index in [1.165, 1.54) is 6.26 Å². The van der Waals surface area contributed by atoms with E-state index in [2.05, 4.69) is 20.5 Å².